The summed E-state index contributed by atoms with van der Waals surface area (Å²) in [6.07, 6.45) is -6.46. The van der Waals surface area contributed by atoms with Crippen LogP contribution in [-0.2, 0) is 115 Å². The molecule has 47 nitrogen and oxygen atoms in total. The van der Waals surface area contributed by atoms with Crippen molar-refractivity contribution in [3.8, 4) is 11.5 Å². The maximum Gasteiger partial charge on any atom is 0.305 e. The van der Waals surface area contributed by atoms with Gasteiger partial charge in [-0.05, 0) is 106 Å². The summed E-state index contributed by atoms with van der Waals surface area (Å²) in [5.41, 5.74) is 6.48. The lowest BCUT2D eigenvalue weighted by Crippen LogP contribution is -2.63. The number of aliphatic hydroxyl groups is 4. The van der Waals surface area contributed by atoms with Crippen molar-refractivity contribution in [2.24, 2.45) is 17.6 Å². The molecule has 3 aromatic carbocycles. The van der Waals surface area contributed by atoms with Crippen molar-refractivity contribution in [2.75, 3.05) is 71.0 Å². The molecule has 0 radical (unpaired) electrons. The molecule has 0 aromatic heterocycles. The van der Waals surface area contributed by atoms with E-state index >= 15 is 0 Å². The zero-order valence-corrected chi connectivity index (χ0v) is 75.8. The number of hydrogen-bond donors (Lipinski definition) is 25. The van der Waals surface area contributed by atoms with Crippen molar-refractivity contribution in [1.82, 2.24) is 89.6 Å². The number of carboxylic acids is 3. The number of thioether (sulfide) groups is 1. The number of carboxylic acid groups (broad SMARTS) is 3. The molecule has 1 fully saturated rings. The van der Waals surface area contributed by atoms with Crippen LogP contribution < -0.4 is 85.5 Å². The number of aliphatic carboxylic acids is 3. The van der Waals surface area contributed by atoms with Crippen LogP contribution in [0, 0.1) is 11.8 Å². The molecule has 0 aliphatic carbocycles. The Bertz CT molecular complexity index is 4500. The fourth-order valence-electron chi connectivity index (χ4n) is 13.1. The summed E-state index contributed by atoms with van der Waals surface area (Å²) in [5.74, 6) is -24.3. The third-order valence-corrected chi connectivity index (χ3v) is 21.6. The number of phenolic OH excluding ortho intramolecular Hbond substituents is 2. The lowest BCUT2D eigenvalue weighted by Gasteiger charge is -2.31. The van der Waals surface area contributed by atoms with E-state index in [4.69, 9.17) is 5.73 Å². The van der Waals surface area contributed by atoms with Gasteiger partial charge in [0.15, 0.2) is 0 Å². The van der Waals surface area contributed by atoms with Gasteiger partial charge in [0.1, 0.15) is 84.0 Å². The van der Waals surface area contributed by atoms with Crippen LogP contribution in [0.1, 0.15) is 123 Å². The Labute approximate surface area is 770 Å². The smallest absolute Gasteiger partial charge is 0.305 e. The summed E-state index contributed by atoms with van der Waals surface area (Å²) in [7, 11) is 1.47. The maximum atomic E-state index is 14.7. The van der Waals surface area contributed by atoms with E-state index in [1.165, 1.54) is 84.4 Å². The molecule has 1 aliphatic heterocycles. The molecule has 17 amide bonds. The van der Waals surface area contributed by atoms with Crippen molar-refractivity contribution in [3.63, 3.8) is 0 Å². The number of piperazine rings is 1. The predicted octanol–water partition coefficient (Wildman–Crippen LogP) is -7.50. The van der Waals surface area contributed by atoms with Gasteiger partial charge < -0.3 is 141 Å². The van der Waals surface area contributed by atoms with E-state index in [1.54, 1.807) is 45.9 Å². The minimum atomic E-state index is -2.23. The number of unbranched alkanes of at least 4 members (excludes halogenated alkanes) is 1. The van der Waals surface area contributed by atoms with Gasteiger partial charge in [-0.3, -0.25) is 95.9 Å². The highest BCUT2D eigenvalue weighted by atomic mass is 32.2. The van der Waals surface area contributed by atoms with E-state index in [0.29, 0.717) is 36.9 Å². The molecule has 16 atom stereocenters. The number of benzene rings is 3. The first-order chi connectivity index (χ1) is 62.8. The summed E-state index contributed by atoms with van der Waals surface area (Å²) in [4.78, 5) is 272. The van der Waals surface area contributed by atoms with Crippen molar-refractivity contribution in [2.45, 2.75) is 216 Å². The molecular formula is C85H124N18O29S. The van der Waals surface area contributed by atoms with E-state index < -0.39 is 267 Å². The van der Waals surface area contributed by atoms with Crippen LogP contribution >= 0.6 is 11.8 Å². The SMILES string of the molecule is CC[C@H](C)[C@H](NC(=O)[C@H](CO)NC(=O)[C@H](Cc1ccc(O)cc1)NC(=O)[C@H](CC(=O)O)NC(=O)[C@H](CO)NC(=O)[C@@H](NC(=O)[C@H](Cc1ccccc1)NC(=O)[C@@H](NC(=O)CNC(=O)[C@H](CCC(=O)O)NC(=O)CSCC(=O)NCCN1CC(=O)N(C)CC1=O)[C@@H](C)O)[C@@H](C)O)C(=O)N[C@@H](Cc1ccc(O)cc1)C(=O)N[C@@H](CC(C)C)C(=O)N[C@@H](CC(=O)O)C(=O)N[C@H](C)CCCCN. The van der Waals surface area contributed by atoms with Gasteiger partial charge in [-0.15, -0.1) is 11.8 Å². The first-order valence-electron chi connectivity index (χ1n) is 42.9. The van der Waals surface area contributed by atoms with E-state index in [0.717, 1.165) is 25.6 Å². The summed E-state index contributed by atoms with van der Waals surface area (Å²) in [5, 5.41) is 128. The average molecular weight is 1890 g/mol. The number of nitrogens with two attached hydrogens (primary N) is 1. The highest BCUT2D eigenvalue weighted by Gasteiger charge is 2.41. The van der Waals surface area contributed by atoms with Gasteiger partial charge in [-0.25, -0.2) is 0 Å². The fraction of sp³-hybridized carbons (Fsp3) is 0.553. The van der Waals surface area contributed by atoms with Crippen LogP contribution in [-0.4, -0.2) is 336 Å². The molecule has 1 heterocycles. The lowest BCUT2D eigenvalue weighted by molar-refractivity contribution is -0.148. The van der Waals surface area contributed by atoms with E-state index in [1.807, 2.05) is 0 Å². The minimum absolute atomic E-state index is 0.0109. The van der Waals surface area contributed by atoms with Gasteiger partial charge in [-0.2, -0.15) is 0 Å². The largest absolute Gasteiger partial charge is 0.508 e. The summed E-state index contributed by atoms with van der Waals surface area (Å²) < 4.78 is 0. The molecule has 0 bridgehead atoms. The molecule has 0 saturated carbocycles. The van der Waals surface area contributed by atoms with Gasteiger partial charge in [0.05, 0.1) is 69.4 Å². The molecule has 0 spiro atoms. The van der Waals surface area contributed by atoms with Crippen molar-refractivity contribution in [1.29, 1.82) is 0 Å². The zero-order chi connectivity index (χ0) is 99.5. The third kappa shape index (κ3) is 40.6. The highest BCUT2D eigenvalue weighted by molar-refractivity contribution is 8.00. The Morgan fingerprint density at radius 1 is 0.421 bits per heavy atom. The van der Waals surface area contributed by atoms with E-state index in [9.17, 15) is 142 Å². The van der Waals surface area contributed by atoms with Crippen LogP contribution in [0.25, 0.3) is 0 Å². The standard InChI is InChI=1S/C85H124N18O29S/c1-9-45(4)71(83(130)95-57(34-51-20-24-53(109)25-21-51)77(124)91-55(31-44(2)3)76(123)93-59(35-69(117)118)75(122)89-46(5)15-13-14-28-86)100-82(129)62(41-105)97-78(125)56(33-50-18-22-52(108)23-19-50)92-79(126)60(36-70(119)120)94-81(128)61(40-104)98-85(132)73(48(7)107)101-80(127)58(32-49-16-11-10-12-17-49)96-84(131)72(47(6)106)99-63(110)37-88-74(121)54(26-27-68(115)116)90-65(112)43-133-42-64(111)87-29-30-103-39-66(113)102(8)38-67(103)114/h10-12,16-25,44-48,54-62,71-73,104-109H,9,13-15,26-43,86H2,1-8H3,(H,87,111)(H,88,121)(H,89,122)(H,90,112)(H,91,124)(H,92,126)(H,93,123)(H,94,128)(H,95,130)(H,96,131)(H,97,125)(H,98,132)(H,99,110)(H,100,129)(H,101,127)(H,115,116)(H,117,118)(H,119,120)/t45-,46+,47+,48+,54-,55-,56-,57-,58-,59-,60-,61-,62-,71-,72-,73-/m0/s1. The van der Waals surface area contributed by atoms with Gasteiger partial charge >= 0.3 is 17.9 Å². The zero-order valence-electron chi connectivity index (χ0n) is 74.9. The van der Waals surface area contributed by atoms with Gasteiger partial charge in [0.2, 0.25) is 100 Å². The Hall–Kier alpha value is -13.2. The molecule has 734 valence electrons. The summed E-state index contributed by atoms with van der Waals surface area (Å²) >= 11 is 0.805. The van der Waals surface area contributed by atoms with Crippen LogP contribution in [0.2, 0.25) is 0 Å². The number of amides is 17. The quantitative estimate of drug-likeness (QED) is 0.0233. The lowest BCUT2D eigenvalue weighted by atomic mass is 9.96. The molecular weight excluding hydrogens is 1770 g/mol. The fourth-order valence-corrected chi connectivity index (χ4v) is 13.8. The second-order valence-electron chi connectivity index (χ2n) is 32.4. The number of rotatable bonds is 59. The number of aliphatic hydroxyl groups excluding tert-OH is 4. The van der Waals surface area contributed by atoms with Crippen molar-refractivity contribution >= 4 is 130 Å². The molecule has 133 heavy (non-hydrogen) atoms. The van der Waals surface area contributed by atoms with Crippen molar-refractivity contribution < 1.29 is 142 Å². The van der Waals surface area contributed by atoms with E-state index in [2.05, 4.69) is 79.8 Å². The second-order valence-corrected chi connectivity index (χ2v) is 33.4. The molecule has 48 heteroatoms. The van der Waals surface area contributed by atoms with Crippen LogP contribution in [0.4, 0.5) is 0 Å². The van der Waals surface area contributed by atoms with Crippen LogP contribution in [0.5, 0.6) is 11.5 Å². The number of likely N-dealkylation sites (N-methyl/N-ethyl adjacent to an activating group) is 1. The number of nitrogens with zero attached hydrogens (tertiary/aromatic N) is 2. The van der Waals surface area contributed by atoms with Crippen LogP contribution in [0.3, 0.4) is 0 Å². The first-order valence-corrected chi connectivity index (χ1v) is 44.0. The molecule has 4 rings (SSSR count). The maximum absolute atomic E-state index is 14.7. The van der Waals surface area contributed by atoms with Crippen molar-refractivity contribution in [3.05, 3.63) is 95.6 Å². The predicted molar refractivity (Wildman–Crippen MR) is 473 cm³/mol. The number of carbonyl (C=O) groups excluding carboxylic acids is 17. The highest BCUT2D eigenvalue weighted by Crippen LogP contribution is 2.19. The van der Waals surface area contributed by atoms with Gasteiger partial charge in [0.25, 0.3) is 0 Å². The number of nitrogens with one attached hydrogen (secondary N) is 15. The second kappa shape index (κ2) is 57.2. The van der Waals surface area contributed by atoms with E-state index in [-0.39, 0.29) is 86.0 Å². The molecule has 0 unspecified atom stereocenters. The minimum Gasteiger partial charge on any atom is -0.508 e. The normalized spacial score (nSPS) is 15.5. The Morgan fingerprint density at radius 3 is 1.32 bits per heavy atom. The average Bonchev–Trinajstić information content (AvgIpc) is 0.843. The Morgan fingerprint density at radius 2 is 0.835 bits per heavy atom. The first kappa shape index (κ1) is 112. The van der Waals surface area contributed by atoms with Gasteiger partial charge in [-0.1, -0.05) is 95.1 Å². The number of aromatic hydroxyl groups is 2. The van der Waals surface area contributed by atoms with Crippen LogP contribution in [0.15, 0.2) is 78.9 Å². The number of phenols is 2. The number of hydrogen-bond acceptors (Lipinski definition) is 28. The Kier molecular flexibility index (Phi) is 48.2. The molecule has 3 aromatic rings. The topological polar surface area (TPSA) is 736 Å². The number of carbonyl (C=O) groups is 20. The van der Waals surface area contributed by atoms with Gasteiger partial charge in [0, 0.05) is 51.9 Å². The Balaban J connectivity index is 1.52. The summed E-state index contributed by atoms with van der Waals surface area (Å²) in [6, 6.07) is -4.41. The third-order valence-electron chi connectivity index (χ3n) is 20.7. The molecule has 1 aliphatic rings. The molecule has 1 saturated heterocycles. The molecule has 26 N–H and O–H groups in total. The summed E-state index contributed by atoms with van der Waals surface area (Å²) in [6.45, 7) is 6.87. The monoisotopic (exact) mass is 1890 g/mol.